The van der Waals surface area contributed by atoms with Crippen molar-refractivity contribution in [3.05, 3.63) is 58.4 Å². The van der Waals surface area contributed by atoms with Gasteiger partial charge in [-0.05, 0) is 19.1 Å². The number of ether oxygens (including phenoxy) is 2. The fourth-order valence-electron chi connectivity index (χ4n) is 2.81. The van der Waals surface area contributed by atoms with Crippen LogP contribution in [0.3, 0.4) is 0 Å². The molecule has 0 saturated carbocycles. The molecule has 1 aliphatic rings. The van der Waals surface area contributed by atoms with Crippen molar-refractivity contribution in [1.29, 1.82) is 0 Å². The third-order valence-electron chi connectivity index (χ3n) is 4.32. The zero-order valence-corrected chi connectivity index (χ0v) is 17.4. The number of nitrogens with zero attached hydrogens (tertiary/aromatic N) is 5. The van der Waals surface area contributed by atoms with Crippen LogP contribution in [0.2, 0.25) is 0 Å². The number of amides is 2. The van der Waals surface area contributed by atoms with Gasteiger partial charge in [-0.15, -0.1) is 11.3 Å². The molecule has 1 aromatic carbocycles. The number of alkyl halides is 4. The molecule has 4 rings (SSSR count). The van der Waals surface area contributed by atoms with Gasteiger partial charge in [-0.1, -0.05) is 0 Å². The highest BCUT2D eigenvalue weighted by molar-refractivity contribution is 7.09. The van der Waals surface area contributed by atoms with Crippen LogP contribution in [0.5, 0.6) is 11.5 Å². The molecule has 168 valence electrons. The first-order valence-electron chi connectivity index (χ1n) is 9.07. The number of carbonyl (C=O) groups is 1. The fraction of sp³-hybridized carbons (Fsp3) is 0.263. The molecule has 0 saturated heterocycles. The molecular weight excluding hydrogens is 454 g/mol. The minimum Gasteiger partial charge on any atom is -0.421 e. The highest BCUT2D eigenvalue weighted by Gasteiger charge is 2.65. The number of urea groups is 1. The number of fused-ring (bicyclic) bond motifs is 1. The summed E-state index contributed by atoms with van der Waals surface area (Å²) in [4.78, 5) is 27.0. The van der Waals surface area contributed by atoms with Gasteiger partial charge in [-0.25, -0.2) is 4.79 Å². The lowest BCUT2D eigenvalue weighted by molar-refractivity contribution is -0.391. The van der Waals surface area contributed by atoms with Crippen molar-refractivity contribution < 1.29 is 31.8 Å². The van der Waals surface area contributed by atoms with E-state index in [0.29, 0.717) is 5.69 Å². The lowest BCUT2D eigenvalue weighted by Crippen LogP contribution is -2.52. The number of hydrogen-bond donors (Lipinski definition) is 0. The van der Waals surface area contributed by atoms with E-state index >= 15 is 0 Å². The van der Waals surface area contributed by atoms with E-state index in [2.05, 4.69) is 24.4 Å². The monoisotopic (exact) mass is 469 g/mol. The Bertz CT molecular complexity index is 1230. The average molecular weight is 469 g/mol. The number of benzene rings is 1. The Balaban J connectivity index is 1.65. The Morgan fingerprint density at radius 3 is 2.59 bits per heavy atom. The molecule has 0 bridgehead atoms. The van der Waals surface area contributed by atoms with Gasteiger partial charge < -0.3 is 14.4 Å². The lowest BCUT2D eigenvalue weighted by Gasteiger charge is -2.31. The molecule has 0 unspecified atom stereocenters. The van der Waals surface area contributed by atoms with Crippen molar-refractivity contribution in [2.75, 3.05) is 7.05 Å². The number of aryl methyl sites for hydroxylation is 1. The number of rotatable bonds is 3. The van der Waals surface area contributed by atoms with Crippen molar-refractivity contribution in [1.82, 2.24) is 19.4 Å². The van der Waals surface area contributed by atoms with E-state index in [-0.39, 0.29) is 17.0 Å². The van der Waals surface area contributed by atoms with E-state index in [0.717, 1.165) is 17.0 Å². The summed E-state index contributed by atoms with van der Waals surface area (Å²) in [6.45, 7) is 1.94. The molecule has 0 N–H and O–H groups in total. The van der Waals surface area contributed by atoms with Crippen molar-refractivity contribution in [2.45, 2.75) is 25.7 Å². The molecule has 8 nitrogen and oxygen atoms in total. The van der Waals surface area contributed by atoms with Crippen LogP contribution in [0.15, 0.2) is 48.0 Å². The maximum atomic E-state index is 13.5. The van der Waals surface area contributed by atoms with Gasteiger partial charge in [0.05, 0.1) is 24.1 Å². The maximum absolute atomic E-state index is 13.5. The SMILES string of the molecule is Cc1cn(-c2ccc3c(c2)OC(F)(F)C(F)(F)O3)/c(=N/C(=O)N(C)Cc2cnccn2)s1. The van der Waals surface area contributed by atoms with Crippen molar-refractivity contribution in [3.8, 4) is 17.2 Å². The van der Waals surface area contributed by atoms with Crippen LogP contribution in [-0.2, 0) is 6.54 Å². The molecule has 13 heteroatoms. The molecular formula is C19H15F4N5O3S. The summed E-state index contributed by atoms with van der Waals surface area (Å²) in [5.41, 5.74) is 0.833. The highest BCUT2D eigenvalue weighted by Crippen LogP contribution is 2.47. The molecule has 1 aliphatic heterocycles. The predicted octanol–water partition coefficient (Wildman–Crippen LogP) is 3.75. The zero-order chi connectivity index (χ0) is 23.1. The largest absolute Gasteiger partial charge is 0.507 e. The molecule has 2 amide bonds. The fourth-order valence-corrected chi connectivity index (χ4v) is 3.64. The standard InChI is InChI=1S/C19H15F4N5O3S/c1-11-9-28(13-3-4-14-15(7-13)31-19(22,23)18(20,21)30-14)17(32-11)26-16(29)27(2)10-12-8-24-5-6-25-12/h3-9H,10H2,1-2H3/b26-17-. The van der Waals surface area contributed by atoms with Crippen LogP contribution in [0, 0.1) is 6.92 Å². The second-order valence-corrected chi connectivity index (χ2v) is 8.02. The average Bonchev–Trinajstić information content (AvgIpc) is 3.08. The summed E-state index contributed by atoms with van der Waals surface area (Å²) in [5, 5.41) is 0. The van der Waals surface area contributed by atoms with E-state index in [4.69, 9.17) is 0 Å². The van der Waals surface area contributed by atoms with Crippen LogP contribution in [0.25, 0.3) is 5.69 Å². The van der Waals surface area contributed by atoms with Gasteiger partial charge in [0.25, 0.3) is 0 Å². The van der Waals surface area contributed by atoms with Crippen molar-refractivity contribution in [2.24, 2.45) is 4.99 Å². The van der Waals surface area contributed by atoms with Gasteiger partial charge in [0, 0.05) is 36.6 Å². The van der Waals surface area contributed by atoms with Crippen molar-refractivity contribution in [3.63, 3.8) is 0 Å². The Morgan fingerprint density at radius 2 is 1.91 bits per heavy atom. The Morgan fingerprint density at radius 1 is 1.19 bits per heavy atom. The number of halogens is 4. The quantitative estimate of drug-likeness (QED) is 0.546. The molecule has 0 radical (unpaired) electrons. The lowest BCUT2D eigenvalue weighted by atomic mass is 10.2. The molecule has 3 aromatic rings. The Hall–Kier alpha value is -3.48. The summed E-state index contributed by atoms with van der Waals surface area (Å²) >= 11 is 1.18. The summed E-state index contributed by atoms with van der Waals surface area (Å²) in [6, 6.07) is 2.98. The molecule has 3 heterocycles. The van der Waals surface area contributed by atoms with Crippen LogP contribution >= 0.6 is 11.3 Å². The van der Waals surface area contributed by atoms with E-state index in [1.54, 1.807) is 13.1 Å². The normalized spacial score (nSPS) is 16.6. The summed E-state index contributed by atoms with van der Waals surface area (Å²) < 4.78 is 63.6. The smallest absolute Gasteiger partial charge is 0.421 e. The summed E-state index contributed by atoms with van der Waals surface area (Å²) in [6.07, 6.45) is -3.47. The van der Waals surface area contributed by atoms with Gasteiger partial charge >= 0.3 is 18.2 Å². The predicted molar refractivity (Wildman–Crippen MR) is 104 cm³/mol. The number of hydrogen-bond acceptors (Lipinski definition) is 6. The summed E-state index contributed by atoms with van der Waals surface area (Å²) in [5.74, 6) is -1.10. The number of aromatic nitrogens is 3. The van der Waals surface area contributed by atoms with Gasteiger partial charge in [0.1, 0.15) is 0 Å². The van der Waals surface area contributed by atoms with E-state index in [9.17, 15) is 22.4 Å². The zero-order valence-electron chi connectivity index (χ0n) is 16.6. The molecule has 0 aliphatic carbocycles. The number of thiazole rings is 1. The second-order valence-electron chi connectivity index (χ2n) is 6.81. The van der Waals surface area contributed by atoms with Gasteiger partial charge in [-0.2, -0.15) is 22.6 Å². The Kier molecular flexibility index (Phi) is 5.36. The van der Waals surface area contributed by atoms with Crippen LogP contribution in [0.4, 0.5) is 22.4 Å². The Labute approximate surface area is 182 Å². The first-order valence-corrected chi connectivity index (χ1v) is 9.89. The van der Waals surface area contributed by atoms with Crippen LogP contribution in [0.1, 0.15) is 10.6 Å². The molecule has 0 atom stereocenters. The molecule has 2 aromatic heterocycles. The molecule has 32 heavy (non-hydrogen) atoms. The molecule has 0 fully saturated rings. The summed E-state index contributed by atoms with van der Waals surface area (Å²) in [7, 11) is 1.54. The van der Waals surface area contributed by atoms with E-state index in [1.165, 1.54) is 52.5 Å². The second kappa shape index (κ2) is 7.89. The first kappa shape index (κ1) is 21.7. The van der Waals surface area contributed by atoms with E-state index in [1.807, 2.05) is 0 Å². The molecule has 0 spiro atoms. The van der Waals surface area contributed by atoms with E-state index < -0.39 is 29.7 Å². The van der Waals surface area contributed by atoms with Crippen LogP contribution < -0.4 is 14.3 Å². The third-order valence-corrected chi connectivity index (χ3v) is 5.22. The third kappa shape index (κ3) is 4.15. The topological polar surface area (TPSA) is 81.8 Å². The minimum atomic E-state index is -4.83. The maximum Gasteiger partial charge on any atom is 0.507 e. The van der Waals surface area contributed by atoms with Gasteiger partial charge in [0.2, 0.25) is 0 Å². The minimum absolute atomic E-state index is 0.174. The highest BCUT2D eigenvalue weighted by atomic mass is 32.1. The number of carbonyl (C=O) groups excluding carboxylic acids is 1. The first-order chi connectivity index (χ1) is 15.1. The van der Waals surface area contributed by atoms with Crippen molar-refractivity contribution >= 4 is 17.4 Å². The van der Waals surface area contributed by atoms with Gasteiger partial charge in [0.15, 0.2) is 16.3 Å². The van der Waals surface area contributed by atoms with Gasteiger partial charge in [-0.3, -0.25) is 14.5 Å². The van der Waals surface area contributed by atoms with Crippen LogP contribution in [-0.4, -0.2) is 44.7 Å².